The first-order valence-electron chi connectivity index (χ1n) is 15.5. The Morgan fingerprint density at radius 3 is 1.79 bits per heavy atom. The van der Waals surface area contributed by atoms with Crippen LogP contribution in [0.25, 0.3) is 0 Å². The van der Waals surface area contributed by atoms with Crippen LogP contribution in [0.15, 0.2) is 12.2 Å². The molecule has 3 atom stereocenters. The lowest BCUT2D eigenvalue weighted by molar-refractivity contribution is -0.870. The number of hydrogen-bond donors (Lipinski definition) is 1. The van der Waals surface area contributed by atoms with Gasteiger partial charge in [-0.3, -0.25) is 4.57 Å². The van der Waals surface area contributed by atoms with Gasteiger partial charge in [-0.2, -0.15) is 0 Å². The van der Waals surface area contributed by atoms with Gasteiger partial charge in [0.1, 0.15) is 19.3 Å². The molecule has 0 rings (SSSR count). The zero-order valence-electron chi connectivity index (χ0n) is 25.5. The number of nitrogens with zero attached hydrogens (tertiary/aromatic N) is 1. The van der Waals surface area contributed by atoms with E-state index in [0.29, 0.717) is 30.5 Å². The van der Waals surface area contributed by atoms with E-state index in [1.807, 2.05) is 27.2 Å². The fourth-order valence-electron chi connectivity index (χ4n) is 4.32. The van der Waals surface area contributed by atoms with Crippen molar-refractivity contribution in [2.75, 3.05) is 47.5 Å². The molecular formula is C30H62NO6P. The first-order valence-corrected chi connectivity index (χ1v) is 16.9. The molecule has 0 fully saturated rings. The minimum absolute atomic E-state index is 0.0579. The van der Waals surface area contributed by atoms with Crippen LogP contribution in [0.4, 0.5) is 0 Å². The highest BCUT2D eigenvalue weighted by molar-refractivity contribution is 7.45. The summed E-state index contributed by atoms with van der Waals surface area (Å²) >= 11 is 0. The van der Waals surface area contributed by atoms with E-state index in [0.717, 1.165) is 25.7 Å². The predicted octanol–water partition coefficient (Wildman–Crippen LogP) is 7.17. The summed E-state index contributed by atoms with van der Waals surface area (Å²) in [5.41, 5.74) is 0. The van der Waals surface area contributed by atoms with Gasteiger partial charge in [-0.25, -0.2) is 0 Å². The fraction of sp³-hybridized carbons (Fsp3) is 0.933. The van der Waals surface area contributed by atoms with E-state index in [-0.39, 0.29) is 13.2 Å². The molecule has 0 saturated carbocycles. The molecule has 0 aromatic heterocycles. The number of aliphatic hydroxyl groups excluding tert-OH is 1. The molecule has 0 aromatic carbocycles. The molecule has 0 spiro atoms. The predicted molar refractivity (Wildman–Crippen MR) is 157 cm³/mol. The highest BCUT2D eigenvalue weighted by Gasteiger charge is 2.27. The van der Waals surface area contributed by atoms with E-state index in [4.69, 9.17) is 13.8 Å². The van der Waals surface area contributed by atoms with Crippen LogP contribution in [0.3, 0.4) is 0 Å². The Bertz CT molecular complexity index is 596. The second kappa shape index (κ2) is 24.5. The Morgan fingerprint density at radius 2 is 1.32 bits per heavy atom. The Morgan fingerprint density at radius 1 is 0.789 bits per heavy atom. The smallest absolute Gasteiger partial charge is 0.268 e. The van der Waals surface area contributed by atoms with Gasteiger partial charge in [-0.15, -0.1) is 0 Å². The summed E-state index contributed by atoms with van der Waals surface area (Å²) < 4.78 is 29.6. The van der Waals surface area contributed by atoms with Crippen molar-refractivity contribution in [2.45, 2.75) is 135 Å². The summed E-state index contributed by atoms with van der Waals surface area (Å²) in [4.78, 5) is 12.5. The molecule has 0 aliphatic rings. The van der Waals surface area contributed by atoms with Crippen molar-refractivity contribution in [3.8, 4) is 0 Å². The molecule has 8 heteroatoms. The Labute approximate surface area is 235 Å². The van der Waals surface area contributed by atoms with Gasteiger partial charge in [0.25, 0.3) is 7.82 Å². The van der Waals surface area contributed by atoms with Gasteiger partial charge in [0.05, 0.1) is 40.5 Å². The van der Waals surface area contributed by atoms with E-state index >= 15 is 0 Å². The van der Waals surface area contributed by atoms with Crippen LogP contribution >= 0.6 is 7.82 Å². The van der Waals surface area contributed by atoms with E-state index in [1.165, 1.54) is 70.6 Å². The molecular weight excluding hydrogens is 501 g/mol. The highest BCUT2D eigenvalue weighted by Crippen LogP contribution is 2.41. The number of unbranched alkanes of at least 4 members (excludes halogenated alkanes) is 13. The van der Waals surface area contributed by atoms with Crippen LogP contribution in [-0.2, 0) is 18.3 Å². The molecule has 0 aromatic rings. The average Bonchev–Trinajstić information content (AvgIpc) is 2.85. The maximum Gasteiger partial charge on any atom is 0.268 e. The number of likely N-dealkylation sites (N-methyl/N-ethyl adjacent to an activating group) is 1. The number of allylic oxidation sites excluding steroid dienone is 1. The van der Waals surface area contributed by atoms with Crippen molar-refractivity contribution in [1.29, 1.82) is 0 Å². The van der Waals surface area contributed by atoms with Crippen molar-refractivity contribution < 1.29 is 32.8 Å². The molecule has 0 bridgehead atoms. The molecule has 0 saturated heterocycles. The number of aliphatic hydroxyl groups is 1. The minimum Gasteiger partial charge on any atom is -0.756 e. The van der Waals surface area contributed by atoms with E-state index in [9.17, 15) is 14.6 Å². The van der Waals surface area contributed by atoms with Crippen LogP contribution in [0, 0.1) is 0 Å². The van der Waals surface area contributed by atoms with Crippen LogP contribution in [-0.4, -0.2) is 69.3 Å². The third-order valence-corrected chi connectivity index (χ3v) is 7.76. The Kier molecular flexibility index (Phi) is 24.3. The monoisotopic (exact) mass is 563 g/mol. The zero-order valence-corrected chi connectivity index (χ0v) is 26.4. The molecule has 0 amide bonds. The van der Waals surface area contributed by atoms with E-state index in [2.05, 4.69) is 19.9 Å². The van der Waals surface area contributed by atoms with Crippen LogP contribution < -0.4 is 4.89 Å². The third kappa shape index (κ3) is 24.7. The number of phosphoric acid groups is 1. The molecule has 1 unspecified atom stereocenters. The standard InChI is InChI=1S/C30H62NO6P/c1-6-8-10-12-13-14-15-16-17-18-19-20-21-22-24-29(30(28-32)35-26-23-11-9-7-2)37-38(33,34)36-27-25-31(3,4)5/h9,11,29-30,32H,6-8,10,12-28H2,1-5H3/t29-,30+/m1/s1. The lowest BCUT2D eigenvalue weighted by Gasteiger charge is -2.33. The van der Waals surface area contributed by atoms with Gasteiger partial charge in [-0.1, -0.05) is 116 Å². The highest BCUT2D eigenvalue weighted by atomic mass is 31.2. The molecule has 0 aliphatic carbocycles. The fourth-order valence-corrected chi connectivity index (χ4v) is 5.26. The number of phosphoric ester groups is 1. The van der Waals surface area contributed by atoms with Crippen molar-refractivity contribution in [1.82, 2.24) is 0 Å². The number of rotatable bonds is 28. The third-order valence-electron chi connectivity index (χ3n) is 6.73. The largest absolute Gasteiger partial charge is 0.756 e. The maximum absolute atomic E-state index is 12.5. The van der Waals surface area contributed by atoms with Crippen molar-refractivity contribution in [2.24, 2.45) is 0 Å². The van der Waals surface area contributed by atoms with Gasteiger partial charge in [0.2, 0.25) is 0 Å². The van der Waals surface area contributed by atoms with E-state index in [1.54, 1.807) is 0 Å². The zero-order chi connectivity index (χ0) is 28.5. The molecule has 1 N–H and O–H groups in total. The maximum atomic E-state index is 12.5. The molecule has 0 heterocycles. The van der Waals surface area contributed by atoms with Gasteiger partial charge < -0.3 is 28.3 Å². The van der Waals surface area contributed by atoms with Crippen LogP contribution in [0.2, 0.25) is 0 Å². The van der Waals surface area contributed by atoms with Gasteiger partial charge in [0, 0.05) is 0 Å². The van der Waals surface area contributed by atoms with Gasteiger partial charge >= 0.3 is 0 Å². The first-order chi connectivity index (χ1) is 18.1. The van der Waals surface area contributed by atoms with Crippen molar-refractivity contribution in [3.63, 3.8) is 0 Å². The van der Waals surface area contributed by atoms with E-state index < -0.39 is 20.0 Å². The number of quaternary nitrogens is 1. The summed E-state index contributed by atoms with van der Waals surface area (Å²) in [6, 6.07) is 0. The second-order valence-corrected chi connectivity index (χ2v) is 12.9. The van der Waals surface area contributed by atoms with Crippen LogP contribution in [0.1, 0.15) is 123 Å². The quantitative estimate of drug-likeness (QED) is 0.0470. The topological polar surface area (TPSA) is 88.0 Å². The van der Waals surface area contributed by atoms with Crippen molar-refractivity contribution >= 4 is 7.82 Å². The molecule has 38 heavy (non-hydrogen) atoms. The van der Waals surface area contributed by atoms with Gasteiger partial charge in [0.15, 0.2) is 0 Å². The summed E-state index contributed by atoms with van der Waals surface area (Å²) in [5, 5.41) is 9.94. The molecule has 7 nitrogen and oxygen atoms in total. The minimum atomic E-state index is -4.50. The first kappa shape index (κ1) is 37.7. The lowest BCUT2D eigenvalue weighted by atomic mass is 10.0. The lowest BCUT2D eigenvalue weighted by Crippen LogP contribution is -2.38. The number of hydrogen-bond acceptors (Lipinski definition) is 6. The summed E-state index contributed by atoms with van der Waals surface area (Å²) in [6.45, 7) is 5.05. The Hall–Kier alpha value is -0.270. The van der Waals surface area contributed by atoms with Gasteiger partial charge in [-0.05, 0) is 19.3 Å². The number of ether oxygens (including phenoxy) is 1. The summed E-state index contributed by atoms with van der Waals surface area (Å²) in [5.74, 6) is 0. The summed E-state index contributed by atoms with van der Waals surface area (Å²) in [6.07, 6.45) is 22.5. The Balaban J connectivity index is 4.42. The van der Waals surface area contributed by atoms with Crippen molar-refractivity contribution in [3.05, 3.63) is 12.2 Å². The van der Waals surface area contributed by atoms with Crippen LogP contribution in [0.5, 0.6) is 0 Å². The average molecular weight is 564 g/mol. The SMILES string of the molecule is CCC=CCCO[C@@H](CO)[C@@H](CCCCCCCCCCCCCCCC)OP(=O)([O-])OCC[N+](C)(C)C. The molecule has 0 aliphatic heterocycles. The molecule has 0 radical (unpaired) electrons. The summed E-state index contributed by atoms with van der Waals surface area (Å²) in [7, 11) is 1.41. The molecule has 228 valence electrons. The second-order valence-electron chi connectivity index (χ2n) is 11.6. The normalized spacial score (nSPS) is 15.7.